The van der Waals surface area contributed by atoms with E-state index in [1.54, 1.807) is 18.4 Å². The van der Waals surface area contributed by atoms with Crippen LogP contribution in [0.3, 0.4) is 0 Å². The summed E-state index contributed by atoms with van der Waals surface area (Å²) in [6, 6.07) is 8.09. The highest BCUT2D eigenvalue weighted by Crippen LogP contribution is 2.18. The second-order valence-corrected chi connectivity index (χ2v) is 7.95. The zero-order chi connectivity index (χ0) is 19.9. The Labute approximate surface area is 193 Å². The number of nitrogens with one attached hydrogen (secondary N) is 2. The fraction of sp³-hybridized carbons (Fsp3) is 0.450. The maximum Gasteiger partial charge on any atom is 0.258 e. The standard InChI is InChI=1S/C20H27N5O2S.HI/c1-14-23-17(13-28-14)11-25(3)20(21-2)22-10-15-5-4-6-18(9-15)27-12-19(26)24-16-7-8-16;/h4-6,9,13,16H,7-8,10-12H2,1-3H3,(H,21,22)(H,24,26);1H. The van der Waals surface area contributed by atoms with Gasteiger partial charge in [0.05, 0.1) is 17.2 Å². The van der Waals surface area contributed by atoms with Crippen molar-refractivity contribution in [2.24, 2.45) is 4.99 Å². The van der Waals surface area contributed by atoms with E-state index in [2.05, 4.69) is 26.0 Å². The van der Waals surface area contributed by atoms with E-state index in [0.29, 0.717) is 24.9 Å². The number of aryl methyl sites for hydroxylation is 1. The highest BCUT2D eigenvalue weighted by atomic mass is 127. The third-order valence-electron chi connectivity index (χ3n) is 4.30. The summed E-state index contributed by atoms with van der Waals surface area (Å²) in [6.45, 7) is 3.36. The van der Waals surface area contributed by atoms with Crippen molar-refractivity contribution in [3.05, 3.63) is 45.9 Å². The molecule has 158 valence electrons. The lowest BCUT2D eigenvalue weighted by atomic mass is 10.2. The van der Waals surface area contributed by atoms with Crippen molar-refractivity contribution in [3.8, 4) is 5.75 Å². The second kappa shape index (κ2) is 11.3. The predicted octanol–water partition coefficient (Wildman–Crippen LogP) is 2.93. The number of carbonyl (C=O) groups is 1. The lowest BCUT2D eigenvalue weighted by molar-refractivity contribution is -0.123. The van der Waals surface area contributed by atoms with Gasteiger partial charge in [0.1, 0.15) is 5.75 Å². The molecule has 0 spiro atoms. The van der Waals surface area contributed by atoms with Gasteiger partial charge in [-0.3, -0.25) is 9.79 Å². The number of guanidine groups is 1. The molecule has 0 atom stereocenters. The van der Waals surface area contributed by atoms with Gasteiger partial charge in [-0.05, 0) is 37.5 Å². The SMILES string of the molecule is CN=C(NCc1cccc(OCC(=O)NC2CC2)c1)N(C)Cc1csc(C)n1.I. The van der Waals surface area contributed by atoms with Gasteiger partial charge in [0.2, 0.25) is 0 Å². The highest BCUT2D eigenvalue weighted by Gasteiger charge is 2.23. The molecule has 9 heteroatoms. The molecule has 2 N–H and O–H groups in total. The van der Waals surface area contributed by atoms with Gasteiger partial charge in [0.25, 0.3) is 5.91 Å². The van der Waals surface area contributed by atoms with E-state index < -0.39 is 0 Å². The zero-order valence-corrected chi connectivity index (χ0v) is 20.1. The summed E-state index contributed by atoms with van der Waals surface area (Å²) in [6.07, 6.45) is 2.15. The van der Waals surface area contributed by atoms with Crippen molar-refractivity contribution in [3.63, 3.8) is 0 Å². The third kappa shape index (κ3) is 7.81. The number of aliphatic imine (C=N–C) groups is 1. The Morgan fingerprint density at radius 2 is 2.21 bits per heavy atom. The average molecular weight is 529 g/mol. The maximum atomic E-state index is 11.8. The number of ether oxygens (including phenoxy) is 1. The quantitative estimate of drug-likeness (QED) is 0.313. The van der Waals surface area contributed by atoms with Crippen molar-refractivity contribution in [1.29, 1.82) is 0 Å². The lowest BCUT2D eigenvalue weighted by Crippen LogP contribution is -2.38. The van der Waals surface area contributed by atoms with Crippen molar-refractivity contribution in [2.45, 2.75) is 38.9 Å². The number of nitrogens with zero attached hydrogens (tertiary/aromatic N) is 3. The molecule has 0 radical (unpaired) electrons. The normalized spacial score (nSPS) is 13.4. The maximum absolute atomic E-state index is 11.8. The minimum Gasteiger partial charge on any atom is -0.484 e. The predicted molar refractivity (Wildman–Crippen MR) is 127 cm³/mol. The Hall–Kier alpha value is -1.88. The minimum absolute atomic E-state index is 0. The van der Waals surface area contributed by atoms with E-state index in [0.717, 1.165) is 35.1 Å². The highest BCUT2D eigenvalue weighted by molar-refractivity contribution is 14.0. The molecule has 7 nitrogen and oxygen atoms in total. The molecule has 1 amide bonds. The van der Waals surface area contributed by atoms with E-state index in [1.165, 1.54) is 0 Å². The van der Waals surface area contributed by atoms with Crippen LogP contribution in [-0.2, 0) is 17.9 Å². The van der Waals surface area contributed by atoms with E-state index in [1.807, 2.05) is 43.1 Å². The molecule has 1 saturated carbocycles. The minimum atomic E-state index is -0.0645. The molecular weight excluding hydrogens is 501 g/mol. The van der Waals surface area contributed by atoms with Gasteiger partial charge in [0, 0.05) is 32.1 Å². The van der Waals surface area contributed by atoms with Crippen LogP contribution in [0.1, 0.15) is 29.1 Å². The lowest BCUT2D eigenvalue weighted by Gasteiger charge is -2.21. The van der Waals surface area contributed by atoms with Gasteiger partial charge in [0.15, 0.2) is 12.6 Å². The Morgan fingerprint density at radius 1 is 1.41 bits per heavy atom. The van der Waals surface area contributed by atoms with Crippen molar-refractivity contribution >= 4 is 47.2 Å². The number of halogens is 1. The van der Waals surface area contributed by atoms with Gasteiger partial charge in [-0.15, -0.1) is 35.3 Å². The first-order chi connectivity index (χ1) is 13.5. The number of hydrogen-bond donors (Lipinski definition) is 2. The van der Waals surface area contributed by atoms with Gasteiger partial charge in [-0.2, -0.15) is 0 Å². The Bertz CT molecular complexity index is 838. The fourth-order valence-electron chi connectivity index (χ4n) is 2.76. The van der Waals surface area contributed by atoms with Gasteiger partial charge in [-0.25, -0.2) is 4.98 Å². The van der Waals surface area contributed by atoms with Gasteiger partial charge >= 0.3 is 0 Å². The van der Waals surface area contributed by atoms with Crippen LogP contribution in [0.15, 0.2) is 34.6 Å². The number of benzene rings is 1. The fourth-order valence-corrected chi connectivity index (χ4v) is 3.36. The topological polar surface area (TPSA) is 78.9 Å². The number of aromatic nitrogens is 1. The molecule has 29 heavy (non-hydrogen) atoms. The van der Waals surface area contributed by atoms with E-state index in [4.69, 9.17) is 4.74 Å². The van der Waals surface area contributed by atoms with Crippen LogP contribution in [0.4, 0.5) is 0 Å². The third-order valence-corrected chi connectivity index (χ3v) is 5.12. The largest absolute Gasteiger partial charge is 0.484 e. The van der Waals surface area contributed by atoms with E-state index >= 15 is 0 Å². The molecule has 0 saturated heterocycles. The molecule has 1 aromatic carbocycles. The molecule has 0 aliphatic heterocycles. The Morgan fingerprint density at radius 3 is 2.86 bits per heavy atom. The first-order valence-electron chi connectivity index (χ1n) is 9.37. The molecule has 2 aromatic rings. The van der Waals surface area contributed by atoms with E-state index in [-0.39, 0.29) is 36.5 Å². The van der Waals surface area contributed by atoms with Crippen molar-refractivity contribution in [1.82, 2.24) is 20.5 Å². The van der Waals surface area contributed by atoms with Crippen LogP contribution >= 0.6 is 35.3 Å². The molecule has 0 bridgehead atoms. The molecular formula is C20H28IN5O2S. The summed E-state index contributed by atoms with van der Waals surface area (Å²) in [5.74, 6) is 1.41. The first-order valence-corrected chi connectivity index (χ1v) is 10.3. The van der Waals surface area contributed by atoms with Crippen LogP contribution in [-0.4, -0.2) is 48.5 Å². The van der Waals surface area contributed by atoms with Crippen LogP contribution in [0.5, 0.6) is 5.75 Å². The van der Waals surface area contributed by atoms with Gasteiger partial charge in [-0.1, -0.05) is 12.1 Å². The smallest absolute Gasteiger partial charge is 0.258 e. The molecule has 1 aromatic heterocycles. The molecule has 1 aliphatic carbocycles. The number of amides is 1. The van der Waals surface area contributed by atoms with E-state index in [9.17, 15) is 4.79 Å². The molecule has 1 heterocycles. The molecule has 3 rings (SSSR count). The summed E-state index contributed by atoms with van der Waals surface area (Å²) in [5.41, 5.74) is 2.09. The molecule has 0 unspecified atom stereocenters. The average Bonchev–Trinajstić information content (AvgIpc) is 3.40. The van der Waals surface area contributed by atoms with Crippen LogP contribution < -0.4 is 15.4 Å². The van der Waals surface area contributed by atoms with Crippen LogP contribution in [0, 0.1) is 6.92 Å². The summed E-state index contributed by atoms with van der Waals surface area (Å²) < 4.78 is 5.61. The number of thiazole rings is 1. The molecule has 1 fully saturated rings. The van der Waals surface area contributed by atoms with Gasteiger partial charge < -0.3 is 20.3 Å². The monoisotopic (exact) mass is 529 g/mol. The molecule has 1 aliphatic rings. The second-order valence-electron chi connectivity index (χ2n) is 6.89. The van der Waals surface area contributed by atoms with Crippen molar-refractivity contribution in [2.75, 3.05) is 20.7 Å². The summed E-state index contributed by atoms with van der Waals surface area (Å²) in [5, 5.41) is 9.41. The number of hydrogen-bond acceptors (Lipinski definition) is 5. The Balaban J connectivity index is 0.00000300. The Kier molecular flexibility index (Phi) is 9.15. The number of rotatable bonds is 8. The summed E-state index contributed by atoms with van der Waals surface area (Å²) in [4.78, 5) is 22.6. The summed E-state index contributed by atoms with van der Waals surface area (Å²) >= 11 is 1.65. The first kappa shape index (κ1) is 23.4. The van der Waals surface area contributed by atoms with Crippen LogP contribution in [0.25, 0.3) is 0 Å². The number of carbonyl (C=O) groups excluding carboxylic acids is 1. The van der Waals surface area contributed by atoms with Crippen LogP contribution in [0.2, 0.25) is 0 Å². The zero-order valence-electron chi connectivity index (χ0n) is 17.0. The summed E-state index contributed by atoms with van der Waals surface area (Å²) in [7, 11) is 3.76. The van der Waals surface area contributed by atoms with Crippen molar-refractivity contribution < 1.29 is 9.53 Å².